The first-order chi connectivity index (χ1) is 16.3. The lowest BCUT2D eigenvalue weighted by molar-refractivity contribution is -0.111. The highest BCUT2D eigenvalue weighted by Gasteiger charge is 2.20. The van der Waals surface area contributed by atoms with Crippen LogP contribution >= 0.6 is 23.2 Å². The molecule has 0 fully saturated rings. The topological polar surface area (TPSA) is 90.3 Å². The van der Waals surface area contributed by atoms with E-state index >= 15 is 0 Å². The van der Waals surface area contributed by atoms with Gasteiger partial charge in [0.05, 0.1) is 41.3 Å². The largest absolute Gasteiger partial charge is 0.495 e. The smallest absolute Gasteiger partial charge is 0.247 e. The Hall–Kier alpha value is -3.75. The van der Waals surface area contributed by atoms with Crippen LogP contribution in [-0.2, 0) is 11.8 Å². The number of carbonyl (C=O) groups is 1. The fourth-order valence-electron chi connectivity index (χ4n) is 3.46. The Morgan fingerprint density at radius 1 is 1.00 bits per heavy atom. The van der Waals surface area contributed by atoms with Crippen LogP contribution in [0.15, 0.2) is 55.6 Å². The summed E-state index contributed by atoms with van der Waals surface area (Å²) in [6.45, 7) is 3.48. The summed E-state index contributed by atoms with van der Waals surface area (Å²) >= 11 is 13.1. The van der Waals surface area contributed by atoms with Crippen molar-refractivity contribution in [2.24, 2.45) is 7.05 Å². The van der Waals surface area contributed by atoms with Crippen LogP contribution in [0.5, 0.6) is 11.5 Å². The van der Waals surface area contributed by atoms with E-state index in [0.717, 1.165) is 10.8 Å². The zero-order valence-corrected chi connectivity index (χ0v) is 20.2. The zero-order chi connectivity index (χ0) is 24.4. The van der Waals surface area contributed by atoms with E-state index in [1.165, 1.54) is 20.3 Å². The third kappa shape index (κ3) is 4.50. The summed E-state index contributed by atoms with van der Waals surface area (Å²) in [4.78, 5) is 20.8. The van der Waals surface area contributed by atoms with Gasteiger partial charge in [0.25, 0.3) is 0 Å². The zero-order valence-electron chi connectivity index (χ0n) is 18.6. The molecule has 3 aromatic heterocycles. The van der Waals surface area contributed by atoms with Crippen molar-refractivity contribution in [2.75, 3.05) is 24.9 Å². The Labute approximate surface area is 206 Å². The van der Waals surface area contributed by atoms with Crippen molar-refractivity contribution < 1.29 is 14.3 Å². The average molecular weight is 498 g/mol. The van der Waals surface area contributed by atoms with E-state index < -0.39 is 0 Å². The minimum Gasteiger partial charge on any atom is -0.495 e. The quantitative estimate of drug-likeness (QED) is 0.312. The fourth-order valence-corrected chi connectivity index (χ4v) is 4.15. The molecule has 3 heterocycles. The molecule has 0 atom stereocenters. The van der Waals surface area contributed by atoms with Gasteiger partial charge in [0.2, 0.25) is 5.91 Å². The molecule has 0 spiro atoms. The van der Waals surface area contributed by atoms with E-state index in [1.807, 2.05) is 29.9 Å². The number of hydrogen-bond donors (Lipinski definition) is 2. The molecule has 1 aromatic carbocycles. The molecule has 0 aliphatic carbocycles. The lowest BCUT2D eigenvalue weighted by Gasteiger charge is -2.14. The van der Waals surface area contributed by atoms with Crippen molar-refractivity contribution in [3.63, 3.8) is 0 Å². The summed E-state index contributed by atoms with van der Waals surface area (Å²) in [5.74, 6) is 1.14. The van der Waals surface area contributed by atoms with Crippen molar-refractivity contribution in [3.05, 3.63) is 65.7 Å². The minimum absolute atomic E-state index is 0.302. The summed E-state index contributed by atoms with van der Waals surface area (Å²) in [6, 6.07) is 5.33. The molecule has 8 nitrogen and oxygen atoms in total. The molecule has 1 amide bonds. The van der Waals surface area contributed by atoms with E-state index in [0.29, 0.717) is 50.0 Å². The van der Waals surface area contributed by atoms with Crippen LogP contribution in [0.2, 0.25) is 10.0 Å². The molecule has 0 saturated heterocycles. The summed E-state index contributed by atoms with van der Waals surface area (Å²) in [7, 11) is 4.90. The number of aromatic nitrogens is 3. The van der Waals surface area contributed by atoms with Crippen LogP contribution in [0.25, 0.3) is 22.0 Å². The van der Waals surface area contributed by atoms with E-state index in [1.54, 1.807) is 24.7 Å². The van der Waals surface area contributed by atoms with Crippen molar-refractivity contribution in [2.45, 2.75) is 0 Å². The number of benzene rings is 1. The molecule has 10 heteroatoms. The first-order valence-corrected chi connectivity index (χ1v) is 10.8. The summed E-state index contributed by atoms with van der Waals surface area (Å²) in [5, 5.41) is 8.34. The lowest BCUT2D eigenvalue weighted by Crippen LogP contribution is -2.08. The number of fused-ring (bicyclic) bond motifs is 1. The number of carbonyl (C=O) groups excluding carboxylic acids is 1. The van der Waals surface area contributed by atoms with E-state index in [9.17, 15) is 4.79 Å². The summed E-state index contributed by atoms with van der Waals surface area (Å²) in [5.41, 5.74) is 2.37. The molecule has 4 rings (SSSR count). The molecule has 0 saturated carbocycles. The Bertz CT molecular complexity index is 1390. The van der Waals surface area contributed by atoms with Crippen molar-refractivity contribution >= 4 is 57.1 Å². The second-order valence-electron chi connectivity index (χ2n) is 7.34. The molecule has 0 radical (unpaired) electrons. The Morgan fingerprint density at radius 2 is 1.62 bits per heavy atom. The van der Waals surface area contributed by atoms with Gasteiger partial charge >= 0.3 is 0 Å². The third-order valence-corrected chi connectivity index (χ3v) is 5.85. The van der Waals surface area contributed by atoms with Gasteiger partial charge in [-0.2, -0.15) is 0 Å². The minimum atomic E-state index is -0.302. The van der Waals surface area contributed by atoms with Crippen LogP contribution in [-0.4, -0.2) is 34.7 Å². The Balaban J connectivity index is 1.70. The number of aryl methyl sites for hydroxylation is 1. The van der Waals surface area contributed by atoms with Crippen LogP contribution in [0, 0.1) is 0 Å². The van der Waals surface area contributed by atoms with Crippen molar-refractivity contribution in [1.29, 1.82) is 0 Å². The van der Waals surface area contributed by atoms with E-state index in [-0.39, 0.29) is 5.91 Å². The SMILES string of the molecule is C=CC(=O)Nc1cn(C)cc1Nc1cc2cnc(-c3c(Cl)c(OC)cc(OC)c3Cl)cc2cn1. The molecule has 4 aromatic rings. The average Bonchev–Trinajstić information content (AvgIpc) is 3.17. The standard InChI is InChI=1S/C24H21Cl2N5O3/c1-5-21(32)30-17-12-31(2)11-16(17)29-20-7-14-9-27-15(6-13(14)10-28-20)22-23(25)18(33-3)8-19(34-4)24(22)26/h5-12H,1H2,2-4H3,(H,28,29)(H,30,32). The van der Waals surface area contributed by atoms with Gasteiger partial charge in [-0.1, -0.05) is 29.8 Å². The Kier molecular flexibility index (Phi) is 6.63. The fraction of sp³-hybridized carbons (Fsp3) is 0.125. The van der Waals surface area contributed by atoms with Gasteiger partial charge in [0.15, 0.2) is 0 Å². The highest BCUT2D eigenvalue weighted by Crippen LogP contribution is 2.45. The van der Waals surface area contributed by atoms with Gasteiger partial charge in [-0.25, -0.2) is 4.98 Å². The highest BCUT2D eigenvalue weighted by molar-refractivity contribution is 6.41. The van der Waals surface area contributed by atoms with E-state index in [4.69, 9.17) is 32.7 Å². The second-order valence-corrected chi connectivity index (χ2v) is 8.10. The highest BCUT2D eigenvalue weighted by atomic mass is 35.5. The van der Waals surface area contributed by atoms with Crippen molar-refractivity contribution in [1.82, 2.24) is 14.5 Å². The van der Waals surface area contributed by atoms with Gasteiger partial charge in [-0.05, 0) is 18.2 Å². The monoisotopic (exact) mass is 497 g/mol. The maximum atomic E-state index is 11.7. The normalized spacial score (nSPS) is 10.7. The number of anilines is 3. The molecule has 0 aliphatic rings. The van der Waals surface area contributed by atoms with Crippen LogP contribution in [0.4, 0.5) is 17.2 Å². The predicted molar refractivity (Wildman–Crippen MR) is 136 cm³/mol. The molecule has 0 bridgehead atoms. The van der Waals surface area contributed by atoms with Gasteiger partial charge in [-0.15, -0.1) is 0 Å². The van der Waals surface area contributed by atoms with Gasteiger partial charge in [0.1, 0.15) is 17.3 Å². The first-order valence-electron chi connectivity index (χ1n) is 10.1. The summed E-state index contributed by atoms with van der Waals surface area (Å²) in [6.07, 6.45) is 8.26. The molecular weight excluding hydrogens is 477 g/mol. The van der Waals surface area contributed by atoms with Crippen LogP contribution in [0.1, 0.15) is 0 Å². The van der Waals surface area contributed by atoms with Crippen molar-refractivity contribution in [3.8, 4) is 22.8 Å². The number of rotatable bonds is 7. The maximum Gasteiger partial charge on any atom is 0.247 e. The molecular formula is C24H21Cl2N5O3. The Morgan fingerprint density at radius 3 is 2.26 bits per heavy atom. The lowest BCUT2D eigenvalue weighted by atomic mass is 10.1. The maximum absolute atomic E-state index is 11.7. The van der Waals surface area contributed by atoms with Crippen LogP contribution < -0.4 is 20.1 Å². The van der Waals surface area contributed by atoms with Gasteiger partial charge in [0, 0.05) is 54.2 Å². The predicted octanol–water partition coefficient (Wildman–Crippen LogP) is 5.83. The molecule has 174 valence electrons. The number of ether oxygens (including phenoxy) is 2. The van der Waals surface area contributed by atoms with Gasteiger partial charge < -0.3 is 24.7 Å². The van der Waals surface area contributed by atoms with Gasteiger partial charge in [-0.3, -0.25) is 9.78 Å². The first kappa shape index (κ1) is 23.4. The number of hydrogen-bond acceptors (Lipinski definition) is 6. The molecule has 0 unspecified atom stereocenters. The number of pyridine rings is 2. The molecule has 34 heavy (non-hydrogen) atoms. The third-order valence-electron chi connectivity index (χ3n) is 5.09. The molecule has 2 N–H and O–H groups in total. The number of halogens is 2. The van der Waals surface area contributed by atoms with Crippen LogP contribution in [0.3, 0.4) is 0 Å². The second kappa shape index (κ2) is 9.62. The number of nitrogens with zero attached hydrogens (tertiary/aromatic N) is 3. The van der Waals surface area contributed by atoms with E-state index in [2.05, 4.69) is 27.2 Å². The number of methoxy groups -OCH3 is 2. The molecule has 0 aliphatic heterocycles. The number of amides is 1. The summed E-state index contributed by atoms with van der Waals surface area (Å²) < 4.78 is 12.5. The number of nitrogens with one attached hydrogen (secondary N) is 2.